The van der Waals surface area contributed by atoms with E-state index in [1.165, 1.54) is 0 Å². The average molecular weight is 325 g/mol. The predicted octanol–water partition coefficient (Wildman–Crippen LogP) is 3.20. The SMILES string of the molecule is CC(O)(CNCc1cnc(-c2ccccn2)s1)c1ccccc1. The molecule has 0 aliphatic carbocycles. The monoisotopic (exact) mass is 325 g/mol. The molecule has 1 unspecified atom stereocenters. The topological polar surface area (TPSA) is 58.0 Å². The lowest BCUT2D eigenvalue weighted by atomic mass is 9.96. The fourth-order valence-corrected chi connectivity index (χ4v) is 3.18. The minimum Gasteiger partial charge on any atom is -0.384 e. The lowest BCUT2D eigenvalue weighted by Gasteiger charge is -2.24. The molecule has 5 heteroatoms. The van der Waals surface area contributed by atoms with Crippen molar-refractivity contribution in [2.24, 2.45) is 0 Å². The Morgan fingerprint density at radius 2 is 1.87 bits per heavy atom. The molecular formula is C18H19N3OS. The molecule has 0 spiro atoms. The number of pyridine rings is 1. The van der Waals surface area contributed by atoms with E-state index >= 15 is 0 Å². The molecule has 4 nitrogen and oxygen atoms in total. The summed E-state index contributed by atoms with van der Waals surface area (Å²) < 4.78 is 0. The molecule has 118 valence electrons. The number of nitrogens with one attached hydrogen (secondary N) is 1. The van der Waals surface area contributed by atoms with E-state index in [-0.39, 0.29) is 0 Å². The summed E-state index contributed by atoms with van der Waals surface area (Å²) in [5, 5.41) is 14.8. The summed E-state index contributed by atoms with van der Waals surface area (Å²) in [6.45, 7) is 2.97. The number of hydrogen-bond donors (Lipinski definition) is 2. The van der Waals surface area contributed by atoms with Gasteiger partial charge in [0.15, 0.2) is 0 Å². The zero-order chi connectivity index (χ0) is 16.1. The Morgan fingerprint density at radius 1 is 1.09 bits per heavy atom. The Bertz CT molecular complexity index is 741. The molecule has 0 amide bonds. The maximum absolute atomic E-state index is 10.6. The minimum absolute atomic E-state index is 0.480. The molecule has 0 aliphatic heterocycles. The molecule has 0 saturated carbocycles. The van der Waals surface area contributed by atoms with Crippen molar-refractivity contribution in [2.75, 3.05) is 6.54 Å². The van der Waals surface area contributed by atoms with Crippen LogP contribution in [0.1, 0.15) is 17.4 Å². The number of aromatic nitrogens is 2. The van der Waals surface area contributed by atoms with Crippen molar-refractivity contribution in [1.82, 2.24) is 15.3 Å². The quantitative estimate of drug-likeness (QED) is 0.731. The van der Waals surface area contributed by atoms with E-state index in [9.17, 15) is 5.11 Å². The van der Waals surface area contributed by atoms with Crippen LogP contribution >= 0.6 is 11.3 Å². The molecule has 0 saturated heterocycles. The van der Waals surface area contributed by atoms with Gasteiger partial charge in [0.2, 0.25) is 0 Å². The van der Waals surface area contributed by atoms with Crippen LogP contribution in [-0.2, 0) is 12.1 Å². The smallest absolute Gasteiger partial charge is 0.142 e. The highest BCUT2D eigenvalue weighted by Crippen LogP contribution is 2.23. The van der Waals surface area contributed by atoms with Gasteiger partial charge >= 0.3 is 0 Å². The highest BCUT2D eigenvalue weighted by molar-refractivity contribution is 7.14. The molecule has 0 bridgehead atoms. The van der Waals surface area contributed by atoms with Crippen LogP contribution in [0.5, 0.6) is 0 Å². The molecule has 0 radical (unpaired) electrons. The summed E-state index contributed by atoms with van der Waals surface area (Å²) in [4.78, 5) is 9.84. The summed E-state index contributed by atoms with van der Waals surface area (Å²) in [6, 6.07) is 15.5. The van der Waals surface area contributed by atoms with Crippen LogP contribution in [0.2, 0.25) is 0 Å². The minimum atomic E-state index is -0.893. The molecule has 2 aromatic heterocycles. The number of nitrogens with zero attached hydrogens (tertiary/aromatic N) is 2. The molecule has 3 rings (SSSR count). The number of thiazole rings is 1. The lowest BCUT2D eigenvalue weighted by molar-refractivity contribution is 0.0567. The fourth-order valence-electron chi connectivity index (χ4n) is 2.33. The maximum atomic E-state index is 10.6. The first-order valence-electron chi connectivity index (χ1n) is 7.50. The molecule has 2 heterocycles. The Kier molecular flexibility index (Phi) is 4.81. The molecule has 3 aromatic rings. The standard InChI is InChI=1S/C18H19N3OS/c1-18(22,14-7-3-2-4-8-14)13-19-11-15-12-21-17(23-15)16-9-5-6-10-20-16/h2-10,12,19,22H,11,13H2,1H3. The zero-order valence-corrected chi connectivity index (χ0v) is 13.8. The van der Waals surface area contributed by atoms with E-state index in [1.54, 1.807) is 17.5 Å². The molecule has 1 atom stereocenters. The molecule has 0 fully saturated rings. The zero-order valence-electron chi connectivity index (χ0n) is 12.9. The predicted molar refractivity (Wildman–Crippen MR) is 93.1 cm³/mol. The largest absolute Gasteiger partial charge is 0.384 e. The van der Waals surface area contributed by atoms with Crippen LogP contribution in [-0.4, -0.2) is 21.6 Å². The maximum Gasteiger partial charge on any atom is 0.142 e. The number of rotatable bonds is 6. The van der Waals surface area contributed by atoms with Crippen molar-refractivity contribution in [3.8, 4) is 10.7 Å². The van der Waals surface area contributed by atoms with Crippen LogP contribution in [0, 0.1) is 0 Å². The lowest BCUT2D eigenvalue weighted by Crippen LogP contribution is -2.34. The van der Waals surface area contributed by atoms with Crippen molar-refractivity contribution >= 4 is 11.3 Å². The summed E-state index contributed by atoms with van der Waals surface area (Å²) in [5.74, 6) is 0. The Hall–Kier alpha value is -2.08. The van der Waals surface area contributed by atoms with E-state index in [4.69, 9.17) is 0 Å². The molecule has 2 N–H and O–H groups in total. The van der Waals surface area contributed by atoms with Gasteiger partial charge < -0.3 is 10.4 Å². The summed E-state index contributed by atoms with van der Waals surface area (Å²) in [6.07, 6.45) is 3.63. The van der Waals surface area contributed by atoms with Gasteiger partial charge in [-0.25, -0.2) is 4.98 Å². The third-order valence-corrected chi connectivity index (χ3v) is 4.62. The van der Waals surface area contributed by atoms with E-state index in [1.807, 2.05) is 61.7 Å². The first-order valence-corrected chi connectivity index (χ1v) is 8.31. The van der Waals surface area contributed by atoms with Crippen molar-refractivity contribution in [1.29, 1.82) is 0 Å². The second-order valence-corrected chi connectivity index (χ2v) is 6.71. The third kappa shape index (κ3) is 4.01. The van der Waals surface area contributed by atoms with Crippen LogP contribution in [0.15, 0.2) is 60.9 Å². The van der Waals surface area contributed by atoms with Crippen molar-refractivity contribution in [2.45, 2.75) is 19.1 Å². The van der Waals surface area contributed by atoms with E-state index < -0.39 is 5.60 Å². The van der Waals surface area contributed by atoms with Gasteiger partial charge in [-0.15, -0.1) is 11.3 Å². The van der Waals surface area contributed by atoms with Gasteiger partial charge in [-0.2, -0.15) is 0 Å². The Balaban J connectivity index is 1.58. The second-order valence-electron chi connectivity index (χ2n) is 5.59. The van der Waals surface area contributed by atoms with Gasteiger partial charge in [0.25, 0.3) is 0 Å². The summed E-state index contributed by atoms with van der Waals surface area (Å²) in [5.41, 5.74) is 0.904. The fraction of sp³-hybridized carbons (Fsp3) is 0.222. The van der Waals surface area contributed by atoms with E-state index in [0.29, 0.717) is 13.1 Å². The van der Waals surface area contributed by atoms with E-state index in [2.05, 4.69) is 15.3 Å². The third-order valence-electron chi connectivity index (χ3n) is 3.60. The van der Waals surface area contributed by atoms with Crippen molar-refractivity contribution in [3.05, 3.63) is 71.4 Å². The van der Waals surface area contributed by atoms with Gasteiger partial charge in [0.1, 0.15) is 5.01 Å². The van der Waals surface area contributed by atoms with E-state index in [0.717, 1.165) is 21.1 Å². The van der Waals surface area contributed by atoms with Crippen LogP contribution < -0.4 is 5.32 Å². The number of aliphatic hydroxyl groups is 1. The second kappa shape index (κ2) is 7.00. The molecule has 1 aromatic carbocycles. The van der Waals surface area contributed by atoms with Crippen molar-refractivity contribution < 1.29 is 5.11 Å². The first kappa shape index (κ1) is 15.8. The van der Waals surface area contributed by atoms with Crippen LogP contribution in [0.3, 0.4) is 0 Å². The number of benzene rings is 1. The average Bonchev–Trinajstić information content (AvgIpc) is 3.05. The van der Waals surface area contributed by atoms with Crippen molar-refractivity contribution in [3.63, 3.8) is 0 Å². The number of hydrogen-bond acceptors (Lipinski definition) is 5. The highest BCUT2D eigenvalue weighted by Gasteiger charge is 2.22. The Labute approximate surface area is 139 Å². The van der Waals surface area contributed by atoms with Gasteiger partial charge in [-0.05, 0) is 24.6 Å². The molecule has 0 aliphatic rings. The normalized spacial score (nSPS) is 13.7. The summed E-state index contributed by atoms with van der Waals surface area (Å²) >= 11 is 1.61. The first-order chi connectivity index (χ1) is 11.1. The highest BCUT2D eigenvalue weighted by atomic mass is 32.1. The molecule has 23 heavy (non-hydrogen) atoms. The van der Waals surface area contributed by atoms with Gasteiger partial charge in [0, 0.05) is 30.4 Å². The van der Waals surface area contributed by atoms with Crippen LogP contribution in [0.4, 0.5) is 0 Å². The Morgan fingerprint density at radius 3 is 2.61 bits per heavy atom. The van der Waals surface area contributed by atoms with Gasteiger partial charge in [-0.1, -0.05) is 36.4 Å². The van der Waals surface area contributed by atoms with Crippen LogP contribution in [0.25, 0.3) is 10.7 Å². The van der Waals surface area contributed by atoms with Gasteiger partial charge in [-0.3, -0.25) is 4.98 Å². The summed E-state index contributed by atoms with van der Waals surface area (Å²) in [7, 11) is 0. The molecular weight excluding hydrogens is 306 g/mol. The van der Waals surface area contributed by atoms with Gasteiger partial charge in [0.05, 0.1) is 11.3 Å².